The average molecular weight is 270 g/mol. The van der Waals surface area contributed by atoms with Crippen LogP contribution in [0.4, 0.5) is 0 Å². The second-order valence-corrected chi connectivity index (χ2v) is 5.98. The molecule has 1 amide bonds. The molecule has 0 aromatic rings. The molecule has 2 saturated heterocycles. The van der Waals surface area contributed by atoms with Gasteiger partial charge >= 0.3 is 0 Å². The molecule has 0 aromatic carbocycles. The van der Waals surface area contributed by atoms with Crippen LogP contribution in [-0.2, 0) is 14.3 Å². The monoisotopic (exact) mass is 270 g/mol. The lowest BCUT2D eigenvalue weighted by Crippen LogP contribution is -2.54. The highest BCUT2D eigenvalue weighted by Crippen LogP contribution is 2.14. The maximum Gasteiger partial charge on any atom is 0.236 e. The third-order valence-corrected chi connectivity index (χ3v) is 3.85. The third kappa shape index (κ3) is 3.91. The number of amides is 1. The van der Waals surface area contributed by atoms with E-state index in [4.69, 9.17) is 9.47 Å². The highest BCUT2D eigenvalue weighted by Gasteiger charge is 2.30. The van der Waals surface area contributed by atoms with Gasteiger partial charge in [0.25, 0.3) is 0 Å². The summed E-state index contributed by atoms with van der Waals surface area (Å²) in [4.78, 5) is 16.6. The van der Waals surface area contributed by atoms with E-state index in [2.05, 4.69) is 18.7 Å². The van der Waals surface area contributed by atoms with Crippen molar-refractivity contribution in [2.75, 3.05) is 32.8 Å². The first kappa shape index (κ1) is 14.8. The molecule has 110 valence electrons. The van der Waals surface area contributed by atoms with Gasteiger partial charge < -0.3 is 14.4 Å². The predicted molar refractivity (Wildman–Crippen MR) is 73.0 cm³/mol. The van der Waals surface area contributed by atoms with Crippen LogP contribution in [0.3, 0.4) is 0 Å². The number of nitrogens with zero attached hydrogens (tertiary/aromatic N) is 2. The zero-order valence-corrected chi connectivity index (χ0v) is 12.5. The smallest absolute Gasteiger partial charge is 0.236 e. The van der Waals surface area contributed by atoms with Gasteiger partial charge in [-0.15, -0.1) is 0 Å². The summed E-state index contributed by atoms with van der Waals surface area (Å²) >= 11 is 0. The van der Waals surface area contributed by atoms with E-state index >= 15 is 0 Å². The lowest BCUT2D eigenvalue weighted by molar-refractivity contribution is -0.147. The first-order valence-corrected chi connectivity index (χ1v) is 7.24. The summed E-state index contributed by atoms with van der Waals surface area (Å²) in [5.74, 6) is 0.211. The van der Waals surface area contributed by atoms with Gasteiger partial charge in [0.1, 0.15) is 0 Å². The Balaban J connectivity index is 1.89. The van der Waals surface area contributed by atoms with E-state index in [1.807, 2.05) is 18.7 Å². The first-order chi connectivity index (χ1) is 8.95. The zero-order valence-electron chi connectivity index (χ0n) is 12.5. The van der Waals surface area contributed by atoms with Crippen LogP contribution in [0.1, 0.15) is 27.7 Å². The fraction of sp³-hybridized carbons (Fsp3) is 0.929. The average Bonchev–Trinajstić information content (AvgIpc) is 2.32. The number of ether oxygens (including phenoxy) is 2. The first-order valence-electron chi connectivity index (χ1n) is 7.24. The predicted octanol–water partition coefficient (Wildman–Crippen LogP) is 0.731. The Labute approximate surface area is 115 Å². The summed E-state index contributed by atoms with van der Waals surface area (Å²) in [6, 6.07) is 0.316. The Morgan fingerprint density at radius 2 is 1.68 bits per heavy atom. The normalized spacial score (nSPS) is 37.4. The Morgan fingerprint density at radius 1 is 1.05 bits per heavy atom. The summed E-state index contributed by atoms with van der Waals surface area (Å²) in [5, 5.41) is 0. The second kappa shape index (κ2) is 6.20. The maximum absolute atomic E-state index is 12.4. The number of hydrogen-bond donors (Lipinski definition) is 0. The third-order valence-electron chi connectivity index (χ3n) is 3.85. The molecule has 0 radical (unpaired) electrons. The summed E-state index contributed by atoms with van der Waals surface area (Å²) in [6.45, 7) is 11.7. The minimum absolute atomic E-state index is 0.133. The van der Waals surface area contributed by atoms with E-state index in [1.54, 1.807) is 0 Å². The van der Waals surface area contributed by atoms with Gasteiger partial charge in [-0.1, -0.05) is 0 Å². The number of carbonyl (C=O) groups is 1. The Morgan fingerprint density at radius 3 is 2.32 bits per heavy atom. The Kier molecular flexibility index (Phi) is 4.81. The van der Waals surface area contributed by atoms with Crippen molar-refractivity contribution in [2.24, 2.45) is 0 Å². The molecule has 2 heterocycles. The lowest BCUT2D eigenvalue weighted by Gasteiger charge is -2.39. The zero-order chi connectivity index (χ0) is 14.0. The number of hydrogen-bond acceptors (Lipinski definition) is 4. The van der Waals surface area contributed by atoms with Crippen LogP contribution in [0.15, 0.2) is 0 Å². The van der Waals surface area contributed by atoms with E-state index in [1.165, 1.54) is 0 Å². The SMILES string of the molecule is CC1CN(CC(=O)N2CC(C)OC(C)C2)C(C)CO1. The molecule has 2 aliphatic rings. The van der Waals surface area contributed by atoms with Crippen molar-refractivity contribution >= 4 is 5.91 Å². The molecule has 0 saturated carbocycles. The van der Waals surface area contributed by atoms with E-state index in [0.717, 1.165) is 6.54 Å². The lowest BCUT2D eigenvalue weighted by atomic mass is 10.2. The van der Waals surface area contributed by atoms with Gasteiger partial charge in [0.15, 0.2) is 0 Å². The van der Waals surface area contributed by atoms with Crippen LogP contribution < -0.4 is 0 Å². The van der Waals surface area contributed by atoms with Crippen LogP contribution >= 0.6 is 0 Å². The highest BCUT2D eigenvalue weighted by atomic mass is 16.5. The number of carbonyl (C=O) groups excluding carboxylic acids is 1. The minimum Gasteiger partial charge on any atom is -0.376 e. The largest absolute Gasteiger partial charge is 0.376 e. The summed E-state index contributed by atoms with van der Waals surface area (Å²) in [5.41, 5.74) is 0. The van der Waals surface area contributed by atoms with Crippen molar-refractivity contribution in [1.82, 2.24) is 9.80 Å². The van der Waals surface area contributed by atoms with Gasteiger partial charge in [-0.2, -0.15) is 0 Å². The maximum atomic E-state index is 12.4. The molecule has 5 nitrogen and oxygen atoms in total. The van der Waals surface area contributed by atoms with Crippen LogP contribution in [-0.4, -0.2) is 72.8 Å². The number of morpholine rings is 2. The van der Waals surface area contributed by atoms with Crippen molar-refractivity contribution in [1.29, 1.82) is 0 Å². The molecule has 0 N–H and O–H groups in total. The topological polar surface area (TPSA) is 42.0 Å². The van der Waals surface area contributed by atoms with E-state index in [9.17, 15) is 4.79 Å². The van der Waals surface area contributed by atoms with Crippen molar-refractivity contribution in [3.05, 3.63) is 0 Å². The van der Waals surface area contributed by atoms with Gasteiger partial charge in [-0.3, -0.25) is 9.69 Å². The van der Waals surface area contributed by atoms with Gasteiger partial charge in [0.05, 0.1) is 31.5 Å². The Bertz CT molecular complexity index is 314. The van der Waals surface area contributed by atoms with Crippen molar-refractivity contribution in [3.8, 4) is 0 Å². The summed E-state index contributed by atoms with van der Waals surface area (Å²) in [6.07, 6.45) is 0.481. The standard InChI is InChI=1S/C14H26N2O3/c1-10-9-18-11(2)5-15(10)8-14(17)16-6-12(3)19-13(4)7-16/h10-13H,5-9H2,1-4H3. The van der Waals surface area contributed by atoms with E-state index in [-0.39, 0.29) is 24.2 Å². The molecular formula is C14H26N2O3. The van der Waals surface area contributed by atoms with Gasteiger partial charge in [-0.05, 0) is 27.7 Å². The molecule has 0 spiro atoms. The highest BCUT2D eigenvalue weighted by molar-refractivity contribution is 5.78. The van der Waals surface area contributed by atoms with E-state index in [0.29, 0.717) is 32.3 Å². The van der Waals surface area contributed by atoms with Crippen molar-refractivity contribution < 1.29 is 14.3 Å². The quantitative estimate of drug-likeness (QED) is 0.742. The molecule has 4 atom stereocenters. The molecule has 0 bridgehead atoms. The molecule has 0 aromatic heterocycles. The number of rotatable bonds is 2. The van der Waals surface area contributed by atoms with Crippen molar-refractivity contribution in [3.63, 3.8) is 0 Å². The van der Waals surface area contributed by atoms with Crippen molar-refractivity contribution in [2.45, 2.75) is 52.0 Å². The minimum atomic E-state index is 0.133. The van der Waals surface area contributed by atoms with Crippen LogP contribution in [0.25, 0.3) is 0 Å². The van der Waals surface area contributed by atoms with E-state index < -0.39 is 0 Å². The second-order valence-electron chi connectivity index (χ2n) is 5.98. The molecule has 4 unspecified atom stereocenters. The molecule has 2 fully saturated rings. The van der Waals surface area contributed by atoms with Gasteiger partial charge in [-0.25, -0.2) is 0 Å². The summed E-state index contributed by atoms with van der Waals surface area (Å²) < 4.78 is 11.3. The van der Waals surface area contributed by atoms with Crippen LogP contribution in [0, 0.1) is 0 Å². The Hall–Kier alpha value is -0.650. The molecule has 5 heteroatoms. The fourth-order valence-electron chi connectivity index (χ4n) is 2.85. The van der Waals surface area contributed by atoms with Crippen LogP contribution in [0.5, 0.6) is 0 Å². The molecule has 2 rings (SSSR count). The van der Waals surface area contributed by atoms with Crippen LogP contribution in [0.2, 0.25) is 0 Å². The van der Waals surface area contributed by atoms with Gasteiger partial charge in [0.2, 0.25) is 5.91 Å². The summed E-state index contributed by atoms with van der Waals surface area (Å²) in [7, 11) is 0. The molecule has 2 aliphatic heterocycles. The molecule has 0 aliphatic carbocycles. The fourth-order valence-corrected chi connectivity index (χ4v) is 2.85. The van der Waals surface area contributed by atoms with Gasteiger partial charge in [0, 0.05) is 25.7 Å². The molecule has 19 heavy (non-hydrogen) atoms. The molecular weight excluding hydrogens is 244 g/mol.